The molecule has 14 heavy (non-hydrogen) atoms. The average Bonchev–Trinajstić information content (AvgIpc) is 2.24. The molecule has 1 aromatic rings. The van der Waals surface area contributed by atoms with Gasteiger partial charge < -0.3 is 4.52 Å². The highest BCUT2D eigenvalue weighted by Crippen LogP contribution is 2.21. The summed E-state index contributed by atoms with van der Waals surface area (Å²) in [4.78, 5) is 0. The second-order valence-corrected chi connectivity index (χ2v) is 3.61. The topological polar surface area (TPSA) is 9.23 Å². The van der Waals surface area contributed by atoms with Crippen molar-refractivity contribution in [2.45, 2.75) is 33.9 Å². The van der Waals surface area contributed by atoms with Crippen molar-refractivity contribution in [2.75, 3.05) is 6.61 Å². The molecule has 0 bridgehead atoms. The third kappa shape index (κ3) is 5.36. The highest BCUT2D eigenvalue weighted by Gasteiger charge is 1.95. The molecule has 0 aromatic heterocycles. The SMILES string of the molecule is CC.CCOPCc1ccccc1C. The lowest BCUT2D eigenvalue weighted by Gasteiger charge is -2.04. The van der Waals surface area contributed by atoms with E-state index in [-0.39, 0.29) is 0 Å². The Labute approximate surface area is 89.7 Å². The minimum absolute atomic E-state index is 0.606. The van der Waals surface area contributed by atoms with Gasteiger partial charge in [0.05, 0.1) is 0 Å². The van der Waals surface area contributed by atoms with E-state index >= 15 is 0 Å². The Hall–Kier alpha value is -0.390. The molecule has 0 heterocycles. The predicted octanol–water partition coefficient (Wildman–Crippen LogP) is 4.15. The standard InChI is InChI=1S/C10H15OP.C2H6/c1-3-11-12-8-10-7-5-4-6-9(10)2;1-2/h4-7,12H,3,8H2,1-2H3;1-2H3. The van der Waals surface area contributed by atoms with Crippen molar-refractivity contribution in [2.24, 2.45) is 0 Å². The normalized spacial score (nSPS) is 10.0. The summed E-state index contributed by atoms with van der Waals surface area (Å²) in [6.07, 6.45) is 1.06. The van der Waals surface area contributed by atoms with Crippen LogP contribution in [0.4, 0.5) is 0 Å². The van der Waals surface area contributed by atoms with E-state index in [1.54, 1.807) is 0 Å². The second kappa shape index (κ2) is 9.18. The van der Waals surface area contributed by atoms with Crippen LogP contribution in [0, 0.1) is 6.92 Å². The van der Waals surface area contributed by atoms with Crippen molar-refractivity contribution in [3.63, 3.8) is 0 Å². The molecule has 0 N–H and O–H groups in total. The zero-order valence-corrected chi connectivity index (χ0v) is 10.6. The highest BCUT2D eigenvalue weighted by molar-refractivity contribution is 7.31. The molecule has 0 aliphatic heterocycles. The average molecular weight is 212 g/mol. The van der Waals surface area contributed by atoms with E-state index in [1.165, 1.54) is 11.1 Å². The fraction of sp³-hybridized carbons (Fsp3) is 0.500. The summed E-state index contributed by atoms with van der Waals surface area (Å²) in [5, 5.41) is 0. The lowest BCUT2D eigenvalue weighted by Crippen LogP contribution is -1.84. The molecule has 80 valence electrons. The Morgan fingerprint density at radius 3 is 2.43 bits per heavy atom. The molecule has 1 atom stereocenters. The largest absolute Gasteiger partial charge is 0.362 e. The van der Waals surface area contributed by atoms with Crippen molar-refractivity contribution in [1.29, 1.82) is 0 Å². The highest BCUT2D eigenvalue weighted by atomic mass is 31.1. The molecule has 0 saturated carbocycles. The van der Waals surface area contributed by atoms with Gasteiger partial charge in [-0.05, 0) is 25.0 Å². The molecule has 0 spiro atoms. The first-order valence-electron chi connectivity index (χ1n) is 5.23. The Morgan fingerprint density at radius 2 is 1.86 bits per heavy atom. The minimum atomic E-state index is 0.606. The number of rotatable bonds is 4. The molecular weight excluding hydrogens is 191 g/mol. The van der Waals surface area contributed by atoms with Crippen LogP contribution >= 0.6 is 8.81 Å². The van der Waals surface area contributed by atoms with E-state index in [0.717, 1.165) is 12.8 Å². The van der Waals surface area contributed by atoms with Crippen molar-refractivity contribution < 1.29 is 4.52 Å². The van der Waals surface area contributed by atoms with Gasteiger partial charge >= 0.3 is 0 Å². The maximum absolute atomic E-state index is 5.32. The van der Waals surface area contributed by atoms with E-state index in [4.69, 9.17) is 4.52 Å². The lowest BCUT2D eigenvalue weighted by molar-refractivity contribution is 0.389. The van der Waals surface area contributed by atoms with Crippen LogP contribution in [0.15, 0.2) is 24.3 Å². The van der Waals surface area contributed by atoms with Gasteiger partial charge in [-0.3, -0.25) is 0 Å². The zero-order valence-electron chi connectivity index (χ0n) is 9.63. The van der Waals surface area contributed by atoms with Crippen LogP contribution in [0.5, 0.6) is 0 Å². The number of hydrogen-bond donors (Lipinski definition) is 0. The van der Waals surface area contributed by atoms with Crippen LogP contribution in [0.3, 0.4) is 0 Å². The van der Waals surface area contributed by atoms with Crippen LogP contribution < -0.4 is 0 Å². The second-order valence-electron chi connectivity index (χ2n) is 2.68. The number of hydrogen-bond acceptors (Lipinski definition) is 1. The Morgan fingerprint density at radius 1 is 1.21 bits per heavy atom. The number of aryl methyl sites for hydroxylation is 1. The van der Waals surface area contributed by atoms with Gasteiger partial charge in [0, 0.05) is 21.6 Å². The summed E-state index contributed by atoms with van der Waals surface area (Å²) in [5.74, 6) is 0. The molecule has 2 heteroatoms. The molecule has 0 saturated heterocycles. The van der Waals surface area contributed by atoms with Crippen LogP contribution in [0.1, 0.15) is 31.9 Å². The Bertz CT molecular complexity index is 236. The molecular formula is C12H21OP. The predicted molar refractivity (Wildman–Crippen MR) is 66.2 cm³/mol. The number of benzene rings is 1. The van der Waals surface area contributed by atoms with Gasteiger partial charge in [0.1, 0.15) is 0 Å². The summed E-state index contributed by atoms with van der Waals surface area (Å²) < 4.78 is 5.32. The van der Waals surface area contributed by atoms with Crippen LogP contribution in [-0.4, -0.2) is 6.61 Å². The van der Waals surface area contributed by atoms with Crippen LogP contribution in [0.2, 0.25) is 0 Å². The molecule has 0 fully saturated rings. The molecule has 1 unspecified atom stereocenters. The Kier molecular flexibility index (Phi) is 8.92. The van der Waals surface area contributed by atoms with Gasteiger partial charge in [-0.2, -0.15) is 0 Å². The zero-order chi connectivity index (χ0) is 10.8. The van der Waals surface area contributed by atoms with Crippen molar-refractivity contribution in [1.82, 2.24) is 0 Å². The van der Waals surface area contributed by atoms with Gasteiger partial charge in [0.2, 0.25) is 0 Å². The quantitative estimate of drug-likeness (QED) is 0.538. The molecule has 0 aliphatic carbocycles. The lowest BCUT2D eigenvalue weighted by atomic mass is 10.1. The van der Waals surface area contributed by atoms with Gasteiger partial charge in [-0.15, -0.1) is 0 Å². The minimum Gasteiger partial charge on any atom is -0.362 e. The van der Waals surface area contributed by atoms with Crippen molar-refractivity contribution in [3.05, 3.63) is 35.4 Å². The van der Waals surface area contributed by atoms with Crippen molar-refractivity contribution in [3.8, 4) is 0 Å². The molecule has 0 aliphatic rings. The molecule has 0 amide bonds. The summed E-state index contributed by atoms with van der Waals surface area (Å²) in [7, 11) is 0.606. The first-order chi connectivity index (χ1) is 6.84. The first-order valence-corrected chi connectivity index (χ1v) is 6.35. The smallest absolute Gasteiger partial charge is 0.0477 e. The monoisotopic (exact) mass is 212 g/mol. The van der Waals surface area contributed by atoms with E-state index in [1.807, 2.05) is 20.8 Å². The van der Waals surface area contributed by atoms with Crippen molar-refractivity contribution >= 4 is 8.81 Å². The van der Waals surface area contributed by atoms with E-state index in [9.17, 15) is 0 Å². The van der Waals surface area contributed by atoms with Gasteiger partial charge in [-0.1, -0.05) is 38.1 Å². The third-order valence-corrected chi connectivity index (χ3v) is 2.79. The maximum Gasteiger partial charge on any atom is 0.0477 e. The van der Waals surface area contributed by atoms with Crippen LogP contribution in [0.25, 0.3) is 0 Å². The van der Waals surface area contributed by atoms with E-state index in [2.05, 4.69) is 31.2 Å². The molecule has 1 aromatic carbocycles. The van der Waals surface area contributed by atoms with Crippen LogP contribution in [-0.2, 0) is 10.7 Å². The summed E-state index contributed by atoms with van der Waals surface area (Å²) in [5.41, 5.74) is 2.77. The Balaban J connectivity index is 0.000000791. The summed E-state index contributed by atoms with van der Waals surface area (Å²) in [6.45, 7) is 9.00. The van der Waals surface area contributed by atoms with Gasteiger partial charge in [-0.25, -0.2) is 0 Å². The molecule has 1 nitrogen and oxygen atoms in total. The summed E-state index contributed by atoms with van der Waals surface area (Å²) >= 11 is 0. The third-order valence-electron chi connectivity index (χ3n) is 1.77. The first kappa shape index (κ1) is 13.6. The fourth-order valence-corrected chi connectivity index (χ4v) is 1.90. The maximum atomic E-state index is 5.32. The molecule has 1 rings (SSSR count). The van der Waals surface area contributed by atoms with E-state index < -0.39 is 0 Å². The summed E-state index contributed by atoms with van der Waals surface area (Å²) in [6, 6.07) is 8.47. The van der Waals surface area contributed by atoms with Gasteiger partial charge in [0.25, 0.3) is 0 Å². The fourth-order valence-electron chi connectivity index (χ4n) is 1.04. The molecule has 0 radical (unpaired) electrons. The van der Waals surface area contributed by atoms with Gasteiger partial charge in [0.15, 0.2) is 0 Å². The van der Waals surface area contributed by atoms with E-state index in [0.29, 0.717) is 8.81 Å².